The molecule has 0 radical (unpaired) electrons. The number of aliphatic imine (C=N–C) groups is 2. The normalized spacial score (nSPS) is 11.7. The number of fused-ring (bicyclic) bond motifs is 1. The van der Waals surface area contributed by atoms with Gasteiger partial charge in [-0.25, -0.2) is 4.99 Å². The molecule has 0 aliphatic rings. The number of hydrogen-bond donors (Lipinski definition) is 4. The number of nitrogens with one attached hydrogen (secondary N) is 1. The van der Waals surface area contributed by atoms with E-state index in [-0.39, 0.29) is 11.9 Å². The predicted octanol–water partition coefficient (Wildman–Crippen LogP) is 0.545. The third-order valence-corrected chi connectivity index (χ3v) is 2.60. The van der Waals surface area contributed by atoms with Gasteiger partial charge in [-0.3, -0.25) is 5.10 Å². The minimum absolute atomic E-state index is 0.0170. The molecule has 7 nitrogen and oxygen atoms in total. The molecule has 0 atom stereocenters. The summed E-state index contributed by atoms with van der Waals surface area (Å²) in [6, 6.07) is 5.51. The number of aromatic amines is 1. The molecular formula is C9H10BrN7. The van der Waals surface area contributed by atoms with E-state index >= 15 is 0 Å². The van der Waals surface area contributed by atoms with Crippen LogP contribution in [0.1, 0.15) is 0 Å². The first-order valence-corrected chi connectivity index (χ1v) is 5.43. The lowest BCUT2D eigenvalue weighted by Crippen LogP contribution is -2.26. The van der Waals surface area contributed by atoms with E-state index in [0.29, 0.717) is 11.2 Å². The molecule has 1 aromatic carbocycles. The second-order valence-electron chi connectivity index (χ2n) is 3.22. The fourth-order valence-corrected chi connectivity index (χ4v) is 1.77. The summed E-state index contributed by atoms with van der Waals surface area (Å²) < 4.78 is 0.782. The maximum atomic E-state index is 5.56. The Kier molecular flexibility index (Phi) is 2.96. The van der Waals surface area contributed by atoms with Gasteiger partial charge in [-0.2, -0.15) is 10.1 Å². The van der Waals surface area contributed by atoms with Crippen molar-refractivity contribution < 1.29 is 0 Å². The van der Waals surface area contributed by atoms with E-state index in [9.17, 15) is 0 Å². The first-order chi connectivity index (χ1) is 8.08. The van der Waals surface area contributed by atoms with Crippen LogP contribution in [0.15, 0.2) is 32.8 Å². The lowest BCUT2D eigenvalue weighted by atomic mass is 10.2. The molecule has 2 aromatic rings. The maximum Gasteiger partial charge on any atom is 0.223 e. The molecule has 0 bridgehead atoms. The van der Waals surface area contributed by atoms with Crippen LogP contribution >= 0.6 is 15.9 Å². The van der Waals surface area contributed by atoms with Crippen molar-refractivity contribution in [1.82, 2.24) is 10.2 Å². The summed E-state index contributed by atoms with van der Waals surface area (Å²) in [5, 5.41) is 7.81. The highest BCUT2D eigenvalue weighted by molar-refractivity contribution is 9.10. The van der Waals surface area contributed by atoms with Gasteiger partial charge in [-0.15, -0.1) is 0 Å². The van der Waals surface area contributed by atoms with Gasteiger partial charge in [0.1, 0.15) is 10.1 Å². The predicted molar refractivity (Wildman–Crippen MR) is 70.9 cm³/mol. The summed E-state index contributed by atoms with van der Waals surface area (Å²) >= 11 is 3.34. The average Bonchev–Trinajstić information content (AvgIpc) is 2.61. The number of guanidine groups is 2. The molecule has 0 aliphatic carbocycles. The van der Waals surface area contributed by atoms with Crippen molar-refractivity contribution in [3.05, 3.63) is 22.8 Å². The van der Waals surface area contributed by atoms with Gasteiger partial charge in [0.15, 0.2) is 5.96 Å². The number of nitrogens with zero attached hydrogens (tertiary/aromatic N) is 3. The average molecular weight is 296 g/mol. The van der Waals surface area contributed by atoms with E-state index in [0.717, 1.165) is 9.99 Å². The summed E-state index contributed by atoms with van der Waals surface area (Å²) in [6.07, 6.45) is 0. The van der Waals surface area contributed by atoms with Crippen molar-refractivity contribution in [2.24, 2.45) is 27.2 Å². The lowest BCUT2D eigenvalue weighted by molar-refractivity contribution is 1.09. The number of rotatable bonds is 1. The summed E-state index contributed by atoms with van der Waals surface area (Å²) in [5.74, 6) is -0.154. The minimum atomic E-state index is -0.137. The van der Waals surface area contributed by atoms with Crippen LogP contribution in [0.25, 0.3) is 10.9 Å². The second kappa shape index (κ2) is 4.42. The van der Waals surface area contributed by atoms with Crippen LogP contribution in [-0.4, -0.2) is 22.1 Å². The van der Waals surface area contributed by atoms with Crippen LogP contribution < -0.4 is 17.2 Å². The molecule has 0 fully saturated rings. The van der Waals surface area contributed by atoms with Crippen molar-refractivity contribution in [3.8, 4) is 0 Å². The van der Waals surface area contributed by atoms with Crippen molar-refractivity contribution in [2.45, 2.75) is 0 Å². The van der Waals surface area contributed by atoms with Crippen molar-refractivity contribution in [3.63, 3.8) is 0 Å². The van der Waals surface area contributed by atoms with Crippen LogP contribution in [0, 0.1) is 0 Å². The smallest absolute Gasteiger partial charge is 0.223 e. The SMILES string of the molecule is NC(N)=NC(N)=Nc1cccc2c(Br)[nH]nc12. The first-order valence-electron chi connectivity index (χ1n) is 4.64. The van der Waals surface area contributed by atoms with E-state index in [4.69, 9.17) is 17.2 Å². The Bertz CT molecular complexity index is 609. The van der Waals surface area contributed by atoms with E-state index < -0.39 is 0 Å². The Morgan fingerprint density at radius 1 is 1.29 bits per heavy atom. The van der Waals surface area contributed by atoms with E-state index in [1.807, 2.05) is 12.1 Å². The molecule has 88 valence electrons. The zero-order valence-corrected chi connectivity index (χ0v) is 10.3. The van der Waals surface area contributed by atoms with Gasteiger partial charge in [0.05, 0.1) is 5.69 Å². The van der Waals surface area contributed by atoms with Crippen molar-refractivity contribution in [1.29, 1.82) is 0 Å². The Balaban J connectivity index is 2.53. The first kappa shape index (κ1) is 11.4. The second-order valence-corrected chi connectivity index (χ2v) is 4.01. The summed E-state index contributed by atoms with van der Waals surface area (Å²) in [6.45, 7) is 0. The number of halogens is 1. The monoisotopic (exact) mass is 295 g/mol. The van der Waals surface area contributed by atoms with Crippen LogP contribution in [-0.2, 0) is 0 Å². The van der Waals surface area contributed by atoms with Crippen LogP contribution in [0.3, 0.4) is 0 Å². The third-order valence-electron chi connectivity index (χ3n) is 2.00. The van der Waals surface area contributed by atoms with Gasteiger partial charge in [-0.05, 0) is 28.1 Å². The number of hydrogen-bond acceptors (Lipinski definition) is 2. The quantitative estimate of drug-likeness (QED) is 0.452. The van der Waals surface area contributed by atoms with Gasteiger partial charge in [0, 0.05) is 5.39 Å². The van der Waals surface area contributed by atoms with Crippen LogP contribution in [0.5, 0.6) is 0 Å². The molecule has 17 heavy (non-hydrogen) atoms. The zero-order chi connectivity index (χ0) is 12.4. The highest BCUT2D eigenvalue weighted by atomic mass is 79.9. The topological polar surface area (TPSA) is 131 Å². The summed E-state index contributed by atoms with van der Waals surface area (Å²) in [5.41, 5.74) is 17.2. The van der Waals surface area contributed by atoms with Gasteiger partial charge >= 0.3 is 0 Å². The Morgan fingerprint density at radius 3 is 2.76 bits per heavy atom. The van der Waals surface area contributed by atoms with Crippen molar-refractivity contribution >= 4 is 44.4 Å². The fourth-order valence-electron chi connectivity index (χ4n) is 1.36. The maximum absolute atomic E-state index is 5.56. The highest BCUT2D eigenvalue weighted by Crippen LogP contribution is 2.28. The number of para-hydroxylation sites is 1. The molecule has 0 spiro atoms. The number of benzene rings is 1. The summed E-state index contributed by atoms with van der Waals surface area (Å²) in [7, 11) is 0. The van der Waals surface area contributed by atoms with E-state index in [1.165, 1.54) is 0 Å². The Morgan fingerprint density at radius 2 is 2.06 bits per heavy atom. The number of H-pyrrole nitrogens is 1. The summed E-state index contributed by atoms with van der Waals surface area (Å²) in [4.78, 5) is 7.72. The molecule has 0 saturated carbocycles. The van der Waals surface area contributed by atoms with Gasteiger partial charge in [0.2, 0.25) is 5.96 Å². The van der Waals surface area contributed by atoms with Crippen molar-refractivity contribution in [2.75, 3.05) is 0 Å². The Hall–Kier alpha value is -2.09. The van der Waals surface area contributed by atoms with Crippen LogP contribution in [0.2, 0.25) is 0 Å². The molecule has 8 heteroatoms. The Labute approximate surface area is 105 Å². The van der Waals surface area contributed by atoms with Gasteiger partial charge < -0.3 is 17.2 Å². The third kappa shape index (κ3) is 2.36. The molecule has 2 rings (SSSR count). The lowest BCUT2D eigenvalue weighted by Gasteiger charge is -1.97. The molecule has 7 N–H and O–H groups in total. The minimum Gasteiger partial charge on any atom is -0.370 e. The standard InChI is InChI=1S/C9H10BrN7/c10-7-4-2-1-3-5(6(4)16-17-7)14-9(13)15-8(11)12/h1-3H,(H,16,17)(H6,11,12,13,14,15). The molecule has 1 aromatic heterocycles. The van der Waals surface area contributed by atoms with Crippen LogP contribution in [0.4, 0.5) is 5.69 Å². The molecule has 1 heterocycles. The zero-order valence-electron chi connectivity index (χ0n) is 8.68. The molecule has 0 amide bonds. The van der Waals surface area contributed by atoms with Gasteiger partial charge in [0.25, 0.3) is 0 Å². The molecule has 0 unspecified atom stereocenters. The van der Waals surface area contributed by atoms with Gasteiger partial charge in [-0.1, -0.05) is 6.07 Å². The number of nitrogens with two attached hydrogens (primary N) is 3. The van der Waals surface area contributed by atoms with E-state index in [2.05, 4.69) is 36.1 Å². The molecule has 0 aliphatic heterocycles. The van der Waals surface area contributed by atoms with E-state index in [1.54, 1.807) is 6.07 Å². The molecule has 0 saturated heterocycles. The largest absolute Gasteiger partial charge is 0.370 e. The fraction of sp³-hybridized carbons (Fsp3) is 0. The number of aromatic nitrogens is 2. The molecular weight excluding hydrogens is 286 g/mol. The highest BCUT2D eigenvalue weighted by Gasteiger charge is 2.06.